The molecule has 1 aromatic heterocycles. The van der Waals surface area contributed by atoms with E-state index >= 15 is 0 Å². The van der Waals surface area contributed by atoms with E-state index in [1.54, 1.807) is 6.07 Å². The number of nitrogens with one attached hydrogen (secondary N) is 1. The summed E-state index contributed by atoms with van der Waals surface area (Å²) in [5.74, 6) is 0.421. The Balaban J connectivity index is 1.94. The minimum absolute atomic E-state index is 0.0725. The molecular formula is C19H20F3N3O2. The van der Waals surface area contributed by atoms with Crippen molar-refractivity contribution < 1.29 is 22.7 Å². The van der Waals surface area contributed by atoms with E-state index in [0.29, 0.717) is 31.1 Å². The van der Waals surface area contributed by atoms with Crippen LogP contribution in [0.2, 0.25) is 0 Å². The van der Waals surface area contributed by atoms with Gasteiger partial charge in [-0.15, -0.1) is 0 Å². The second kappa shape index (κ2) is 7.46. The van der Waals surface area contributed by atoms with E-state index in [-0.39, 0.29) is 11.8 Å². The molecule has 1 amide bonds. The number of ether oxygens (including phenoxy) is 1. The molecule has 0 bridgehead atoms. The maximum absolute atomic E-state index is 12.8. The van der Waals surface area contributed by atoms with Crippen molar-refractivity contribution in [3.05, 3.63) is 47.7 Å². The van der Waals surface area contributed by atoms with Crippen molar-refractivity contribution in [3.8, 4) is 5.88 Å². The van der Waals surface area contributed by atoms with Gasteiger partial charge < -0.3 is 15.0 Å². The Morgan fingerprint density at radius 3 is 2.56 bits per heavy atom. The molecule has 2 aromatic rings. The Kier molecular flexibility index (Phi) is 5.25. The van der Waals surface area contributed by atoms with Crippen LogP contribution in [-0.2, 0) is 17.4 Å². The van der Waals surface area contributed by atoms with Crippen LogP contribution in [0.25, 0.3) is 0 Å². The number of hydrogen-bond acceptors (Lipinski definition) is 4. The highest BCUT2D eigenvalue weighted by atomic mass is 19.4. The summed E-state index contributed by atoms with van der Waals surface area (Å²) in [6.45, 7) is 2.48. The van der Waals surface area contributed by atoms with Crippen LogP contribution in [0.4, 0.5) is 24.5 Å². The molecule has 0 radical (unpaired) electrons. The molecule has 2 heterocycles. The monoisotopic (exact) mass is 379 g/mol. The van der Waals surface area contributed by atoms with Crippen molar-refractivity contribution in [2.24, 2.45) is 5.92 Å². The highest BCUT2D eigenvalue weighted by Crippen LogP contribution is 2.37. The van der Waals surface area contributed by atoms with Crippen LogP contribution in [0.3, 0.4) is 0 Å². The molecule has 5 nitrogen and oxygen atoms in total. The number of amides is 1. The predicted octanol–water partition coefficient (Wildman–Crippen LogP) is 3.56. The summed E-state index contributed by atoms with van der Waals surface area (Å²) >= 11 is 0. The third kappa shape index (κ3) is 4.32. The lowest BCUT2D eigenvalue weighted by atomic mass is 9.95. The number of halogens is 3. The molecule has 8 heteroatoms. The molecule has 0 saturated carbocycles. The number of carbonyl (C=O) groups is 1. The third-order valence-corrected chi connectivity index (χ3v) is 4.49. The lowest BCUT2D eigenvalue weighted by Crippen LogP contribution is -2.39. The molecular weight excluding hydrogens is 359 g/mol. The number of hydrogen-bond donors (Lipinski definition) is 1. The topological polar surface area (TPSA) is 54.5 Å². The van der Waals surface area contributed by atoms with Gasteiger partial charge in [-0.05, 0) is 42.7 Å². The summed E-state index contributed by atoms with van der Waals surface area (Å²) in [6, 6.07) is 8.64. The molecule has 0 spiro atoms. The molecule has 27 heavy (non-hydrogen) atoms. The van der Waals surface area contributed by atoms with Gasteiger partial charge in [0.25, 0.3) is 0 Å². The van der Waals surface area contributed by atoms with Crippen molar-refractivity contribution in [3.63, 3.8) is 0 Å². The first-order valence-electron chi connectivity index (χ1n) is 8.51. The number of aromatic nitrogens is 1. The molecule has 1 aromatic carbocycles. The molecule has 0 saturated heterocycles. The summed E-state index contributed by atoms with van der Waals surface area (Å²) in [6.07, 6.45) is -3.73. The van der Waals surface area contributed by atoms with E-state index in [2.05, 4.69) is 10.3 Å². The van der Waals surface area contributed by atoms with Gasteiger partial charge in [0, 0.05) is 31.8 Å². The van der Waals surface area contributed by atoms with Gasteiger partial charge in [0.1, 0.15) is 0 Å². The van der Waals surface area contributed by atoms with E-state index in [4.69, 9.17) is 4.74 Å². The summed E-state index contributed by atoms with van der Waals surface area (Å²) in [7, 11) is 1.53. The minimum Gasteiger partial charge on any atom is -0.481 e. The van der Waals surface area contributed by atoms with Crippen LogP contribution in [0.5, 0.6) is 5.88 Å². The van der Waals surface area contributed by atoms with Crippen molar-refractivity contribution in [1.29, 1.82) is 0 Å². The lowest BCUT2D eigenvalue weighted by molar-refractivity contribution is -0.137. The number of benzene rings is 1. The minimum atomic E-state index is -4.37. The first kappa shape index (κ1) is 19.0. The highest BCUT2D eigenvalue weighted by molar-refractivity contribution is 5.73. The van der Waals surface area contributed by atoms with E-state index < -0.39 is 11.7 Å². The normalized spacial score (nSPS) is 16.6. The molecule has 1 aliphatic heterocycles. The zero-order chi connectivity index (χ0) is 19.6. The smallest absolute Gasteiger partial charge is 0.416 e. The van der Waals surface area contributed by atoms with Crippen LogP contribution in [0.1, 0.15) is 18.2 Å². The molecule has 3 rings (SSSR count). The Bertz CT molecular complexity index is 822. The maximum atomic E-state index is 12.8. The number of alkyl halides is 3. The van der Waals surface area contributed by atoms with Crippen molar-refractivity contribution in [1.82, 2.24) is 10.3 Å². The molecule has 144 valence electrons. The molecule has 1 atom stereocenters. The van der Waals surface area contributed by atoms with Crippen molar-refractivity contribution in [2.75, 3.05) is 25.1 Å². The van der Waals surface area contributed by atoms with E-state index in [1.165, 1.54) is 26.2 Å². The van der Waals surface area contributed by atoms with Gasteiger partial charge in [0.05, 0.1) is 24.1 Å². The molecule has 1 N–H and O–H groups in total. The summed E-state index contributed by atoms with van der Waals surface area (Å²) < 4.78 is 43.7. The number of anilines is 2. The average Bonchev–Trinajstić information content (AvgIpc) is 2.64. The SMILES string of the molecule is COc1ccc2c(n1)CC(CNC(C)=O)CN2c1ccc(C(F)(F)F)cc1. The Morgan fingerprint density at radius 2 is 1.96 bits per heavy atom. The van der Waals surface area contributed by atoms with Crippen molar-refractivity contribution in [2.45, 2.75) is 19.5 Å². The lowest BCUT2D eigenvalue weighted by Gasteiger charge is -2.35. The Morgan fingerprint density at radius 1 is 1.26 bits per heavy atom. The summed E-state index contributed by atoms with van der Waals surface area (Å²) in [4.78, 5) is 17.7. The molecule has 1 unspecified atom stereocenters. The van der Waals surface area contributed by atoms with Gasteiger partial charge >= 0.3 is 6.18 Å². The Labute approximate surface area is 155 Å². The number of rotatable bonds is 4. The second-order valence-electron chi connectivity index (χ2n) is 6.48. The van der Waals surface area contributed by atoms with E-state index in [1.807, 2.05) is 11.0 Å². The fourth-order valence-corrected chi connectivity index (χ4v) is 3.18. The predicted molar refractivity (Wildman–Crippen MR) is 95.1 cm³/mol. The standard InChI is InChI=1S/C19H20F3N3O2/c1-12(26)23-10-13-9-16-17(7-8-18(24-16)27-2)25(11-13)15-5-3-14(4-6-15)19(20,21)22/h3-8,13H,9-11H2,1-2H3,(H,23,26). The maximum Gasteiger partial charge on any atom is 0.416 e. The molecule has 0 aliphatic carbocycles. The van der Waals surface area contributed by atoms with Gasteiger partial charge in [-0.1, -0.05) is 0 Å². The average molecular weight is 379 g/mol. The zero-order valence-corrected chi connectivity index (χ0v) is 15.0. The molecule has 0 fully saturated rings. The zero-order valence-electron chi connectivity index (χ0n) is 15.0. The van der Waals surface area contributed by atoms with Crippen molar-refractivity contribution >= 4 is 17.3 Å². The summed E-state index contributed by atoms with van der Waals surface area (Å²) in [5.41, 5.74) is 1.57. The van der Waals surface area contributed by atoms with Crippen LogP contribution in [0, 0.1) is 5.92 Å². The second-order valence-corrected chi connectivity index (χ2v) is 6.48. The fraction of sp³-hybridized carbons (Fsp3) is 0.368. The van der Waals surface area contributed by atoms with Crippen LogP contribution in [0.15, 0.2) is 36.4 Å². The fourth-order valence-electron chi connectivity index (χ4n) is 3.18. The van der Waals surface area contributed by atoms with Gasteiger partial charge in [-0.2, -0.15) is 13.2 Å². The first-order valence-corrected chi connectivity index (χ1v) is 8.51. The van der Waals surface area contributed by atoms with Crippen LogP contribution < -0.4 is 15.0 Å². The number of carbonyl (C=O) groups excluding carboxylic acids is 1. The largest absolute Gasteiger partial charge is 0.481 e. The molecule has 1 aliphatic rings. The van der Waals surface area contributed by atoms with Gasteiger partial charge in [-0.3, -0.25) is 4.79 Å². The van der Waals surface area contributed by atoms with Crippen LogP contribution in [-0.4, -0.2) is 31.1 Å². The summed E-state index contributed by atoms with van der Waals surface area (Å²) in [5, 5.41) is 2.80. The number of methoxy groups -OCH3 is 1. The quantitative estimate of drug-likeness (QED) is 0.883. The van der Waals surface area contributed by atoms with Gasteiger partial charge in [0.15, 0.2) is 0 Å². The van der Waals surface area contributed by atoms with E-state index in [9.17, 15) is 18.0 Å². The Hall–Kier alpha value is -2.77. The number of fused-ring (bicyclic) bond motifs is 1. The van der Waals surface area contributed by atoms with Gasteiger partial charge in [0.2, 0.25) is 11.8 Å². The van der Waals surface area contributed by atoms with E-state index in [0.717, 1.165) is 23.5 Å². The number of nitrogens with zero attached hydrogens (tertiary/aromatic N) is 2. The first-order chi connectivity index (χ1) is 12.8. The van der Waals surface area contributed by atoms with Crippen LogP contribution >= 0.6 is 0 Å². The number of pyridine rings is 1. The third-order valence-electron chi connectivity index (χ3n) is 4.49. The highest BCUT2D eigenvalue weighted by Gasteiger charge is 2.31. The van der Waals surface area contributed by atoms with Gasteiger partial charge in [-0.25, -0.2) is 4.98 Å².